The Bertz CT molecular complexity index is 1530. The second-order valence-corrected chi connectivity index (χ2v) is 21.2. The molecule has 0 spiro atoms. The Labute approximate surface area is 304 Å². The summed E-state index contributed by atoms with van der Waals surface area (Å²) < 4.78 is 0. The lowest BCUT2D eigenvalue weighted by Gasteiger charge is -2.26. The van der Waals surface area contributed by atoms with Gasteiger partial charge in [0.25, 0.3) is 0 Å². The van der Waals surface area contributed by atoms with Gasteiger partial charge in [-0.3, -0.25) is 0 Å². The van der Waals surface area contributed by atoms with Crippen molar-refractivity contribution in [3.63, 3.8) is 0 Å². The van der Waals surface area contributed by atoms with Gasteiger partial charge < -0.3 is 21.7 Å². The van der Waals surface area contributed by atoms with E-state index in [1.165, 1.54) is 35.3 Å². The summed E-state index contributed by atoms with van der Waals surface area (Å²) >= 11 is 5.96. The lowest BCUT2D eigenvalue weighted by Crippen LogP contribution is -2.13. The number of nitrogens with two attached hydrogens (primary N) is 2. The number of nitrogen functional groups attached to an aromatic ring is 2. The normalized spacial score (nSPS) is 14.2. The Kier molecular flexibility index (Phi) is 9.70. The van der Waals surface area contributed by atoms with Crippen LogP contribution in [-0.2, 0) is 21.7 Å². The van der Waals surface area contributed by atoms with Crippen LogP contribution in [0.1, 0.15) is 105 Å². The maximum absolute atomic E-state index is 11.9. The standard InChI is InChI=1S/C40H50N2O2S4/c1-37(2,3)21-13-25-33(41)27(15-21)46-29-17-23(39(7,8)9)19-31(35(29)43)48-32-20-24(40(10,11)12)18-30(36(32)44)47-28-16-22(38(4,5)6)14-26(45-25)34(28)42/h13-20,43-44H,41-42H2,1-12H3. The fraction of sp³-hybridized carbons (Fsp3) is 0.400. The van der Waals surface area contributed by atoms with Crippen molar-refractivity contribution in [2.45, 2.75) is 144 Å². The zero-order chi connectivity index (χ0) is 35.7. The molecule has 6 N–H and O–H groups in total. The summed E-state index contributed by atoms with van der Waals surface area (Å²) in [5, 5.41) is 23.8. The summed E-state index contributed by atoms with van der Waals surface area (Å²) in [5.41, 5.74) is 19.2. The zero-order valence-electron chi connectivity index (χ0n) is 30.3. The molecule has 256 valence electrons. The van der Waals surface area contributed by atoms with Gasteiger partial charge in [-0.25, -0.2) is 0 Å². The average molecular weight is 719 g/mol. The van der Waals surface area contributed by atoms with E-state index in [0.29, 0.717) is 21.2 Å². The molecule has 0 aromatic heterocycles. The average Bonchev–Trinajstić information content (AvgIpc) is 2.93. The van der Waals surface area contributed by atoms with E-state index in [4.69, 9.17) is 11.5 Å². The first-order valence-corrected chi connectivity index (χ1v) is 19.5. The maximum atomic E-state index is 11.9. The Morgan fingerprint density at radius 3 is 0.729 bits per heavy atom. The van der Waals surface area contributed by atoms with Crippen molar-refractivity contribution in [3.05, 3.63) is 70.8 Å². The number of aromatic hydroxyl groups is 2. The topological polar surface area (TPSA) is 92.5 Å². The van der Waals surface area contributed by atoms with Crippen LogP contribution in [-0.4, -0.2) is 10.2 Å². The number of rotatable bonds is 0. The van der Waals surface area contributed by atoms with Gasteiger partial charge in [-0.1, -0.05) is 130 Å². The molecule has 0 atom stereocenters. The van der Waals surface area contributed by atoms with Crippen LogP contribution in [0.25, 0.3) is 0 Å². The maximum Gasteiger partial charge on any atom is 0.143 e. The van der Waals surface area contributed by atoms with Gasteiger partial charge in [0, 0.05) is 19.6 Å². The van der Waals surface area contributed by atoms with Crippen LogP contribution in [0.4, 0.5) is 11.4 Å². The Morgan fingerprint density at radius 1 is 0.354 bits per heavy atom. The van der Waals surface area contributed by atoms with Crippen molar-refractivity contribution in [2.75, 3.05) is 11.5 Å². The van der Waals surface area contributed by atoms with Crippen LogP contribution < -0.4 is 11.5 Å². The molecule has 0 aliphatic carbocycles. The first kappa shape index (κ1) is 36.8. The predicted molar refractivity (Wildman–Crippen MR) is 209 cm³/mol. The van der Waals surface area contributed by atoms with E-state index in [-0.39, 0.29) is 33.2 Å². The lowest BCUT2D eigenvalue weighted by molar-refractivity contribution is 0.444. The number of phenols is 2. The monoisotopic (exact) mass is 718 g/mol. The van der Waals surface area contributed by atoms with Gasteiger partial charge in [-0.15, -0.1) is 0 Å². The highest BCUT2D eigenvalue weighted by Gasteiger charge is 2.27. The molecule has 0 amide bonds. The van der Waals surface area contributed by atoms with Gasteiger partial charge >= 0.3 is 0 Å². The fourth-order valence-corrected chi connectivity index (χ4v) is 9.62. The molecule has 0 radical (unpaired) electrons. The number of anilines is 2. The lowest BCUT2D eigenvalue weighted by atomic mass is 9.87. The third kappa shape index (κ3) is 7.62. The van der Waals surface area contributed by atoms with Crippen LogP contribution in [0.5, 0.6) is 11.5 Å². The minimum absolute atomic E-state index is 0.139. The molecule has 0 unspecified atom stereocenters. The molecule has 1 heterocycles. The van der Waals surface area contributed by atoms with Crippen molar-refractivity contribution in [3.8, 4) is 11.5 Å². The summed E-state index contributed by atoms with van der Waals surface area (Å²) in [6.45, 7) is 26.3. The van der Waals surface area contributed by atoms with Gasteiger partial charge in [0.2, 0.25) is 0 Å². The van der Waals surface area contributed by atoms with E-state index in [2.05, 4.69) is 132 Å². The number of fused-ring (bicyclic) bond motifs is 8. The van der Waals surface area contributed by atoms with Gasteiger partial charge in [0.1, 0.15) is 11.5 Å². The second-order valence-electron chi connectivity index (χ2n) is 16.8. The second kappa shape index (κ2) is 12.7. The van der Waals surface area contributed by atoms with E-state index in [0.717, 1.165) is 51.6 Å². The van der Waals surface area contributed by atoms with Crippen molar-refractivity contribution >= 4 is 58.4 Å². The third-order valence-electron chi connectivity index (χ3n) is 8.63. The van der Waals surface area contributed by atoms with Gasteiger partial charge in [-0.2, -0.15) is 0 Å². The van der Waals surface area contributed by atoms with Crippen LogP contribution in [0.3, 0.4) is 0 Å². The molecule has 0 saturated heterocycles. The Balaban J connectivity index is 1.89. The van der Waals surface area contributed by atoms with E-state index >= 15 is 0 Å². The van der Waals surface area contributed by atoms with Gasteiger partial charge in [0.05, 0.1) is 31.0 Å². The van der Waals surface area contributed by atoms with Crippen LogP contribution in [0.15, 0.2) is 87.7 Å². The smallest absolute Gasteiger partial charge is 0.143 e. The summed E-state index contributed by atoms with van der Waals surface area (Å²) in [4.78, 5) is 6.44. The Morgan fingerprint density at radius 2 is 0.521 bits per heavy atom. The molecule has 0 saturated carbocycles. The first-order chi connectivity index (χ1) is 21.9. The molecule has 1 aliphatic heterocycles. The van der Waals surface area contributed by atoms with Crippen molar-refractivity contribution in [1.82, 2.24) is 0 Å². The molecule has 8 bridgehead atoms. The molecular weight excluding hydrogens is 669 g/mol. The molecule has 4 nitrogen and oxygen atoms in total. The summed E-state index contributed by atoms with van der Waals surface area (Å²) in [6.07, 6.45) is 0. The highest BCUT2D eigenvalue weighted by Crippen LogP contribution is 2.54. The molecule has 5 rings (SSSR count). The molecule has 4 aromatic rings. The molecular formula is C40H50N2O2S4. The predicted octanol–water partition coefficient (Wildman–Crippen LogP) is 12.4. The van der Waals surface area contributed by atoms with E-state index in [9.17, 15) is 10.2 Å². The largest absolute Gasteiger partial charge is 0.506 e. The van der Waals surface area contributed by atoms with Crippen LogP contribution >= 0.6 is 47.0 Å². The molecule has 48 heavy (non-hydrogen) atoms. The van der Waals surface area contributed by atoms with Gasteiger partial charge in [-0.05, 0) is 92.4 Å². The fourth-order valence-electron chi connectivity index (χ4n) is 5.22. The highest BCUT2D eigenvalue weighted by molar-refractivity contribution is 8.01. The van der Waals surface area contributed by atoms with E-state index in [1.807, 2.05) is 0 Å². The molecule has 8 heteroatoms. The Hall–Kier alpha value is -2.52. The van der Waals surface area contributed by atoms with E-state index in [1.54, 1.807) is 11.8 Å². The quantitative estimate of drug-likeness (QED) is 0.118. The number of benzene rings is 4. The molecule has 0 fully saturated rings. The highest BCUT2D eigenvalue weighted by atomic mass is 32.2. The first-order valence-electron chi connectivity index (χ1n) is 16.3. The van der Waals surface area contributed by atoms with Crippen LogP contribution in [0, 0.1) is 0 Å². The number of phenolic OH excluding ortho intramolecular Hbond substituents is 2. The minimum atomic E-state index is -0.180. The summed E-state index contributed by atoms with van der Waals surface area (Å²) in [7, 11) is 0. The van der Waals surface area contributed by atoms with Crippen molar-refractivity contribution in [1.29, 1.82) is 0 Å². The minimum Gasteiger partial charge on any atom is -0.506 e. The summed E-state index contributed by atoms with van der Waals surface area (Å²) in [5.74, 6) is 0.359. The van der Waals surface area contributed by atoms with E-state index < -0.39 is 0 Å². The van der Waals surface area contributed by atoms with Crippen molar-refractivity contribution < 1.29 is 10.2 Å². The molecule has 1 aliphatic rings. The van der Waals surface area contributed by atoms with Gasteiger partial charge in [0.15, 0.2) is 0 Å². The summed E-state index contributed by atoms with van der Waals surface area (Å²) in [6, 6.07) is 16.9. The third-order valence-corrected chi connectivity index (χ3v) is 13.0. The number of hydrogen-bond donors (Lipinski definition) is 4. The SMILES string of the molecule is CC(C)(C)c1cc2c(N)c(c1)Sc1cc(C(C)(C)C)cc(c1O)Sc1cc(C(C)(C)C)cc(c1O)Sc1cc(C(C)(C)C)cc(c1N)S2. The number of hydrogen-bond acceptors (Lipinski definition) is 8. The molecule has 4 aromatic carbocycles. The van der Waals surface area contributed by atoms with Crippen molar-refractivity contribution in [2.24, 2.45) is 0 Å². The zero-order valence-corrected chi connectivity index (χ0v) is 33.6. The van der Waals surface area contributed by atoms with Crippen LogP contribution in [0.2, 0.25) is 0 Å².